The number of primary amides is 1. The number of rotatable bonds is 2. The highest BCUT2D eigenvalue weighted by atomic mass is 16.3. The molecule has 0 radical (unpaired) electrons. The van der Waals surface area contributed by atoms with Gasteiger partial charge in [-0.3, -0.25) is 9.69 Å². The average molecular weight is 252 g/mol. The number of aliphatic hydroxyl groups is 2. The number of hydrogen-bond acceptors (Lipinski definition) is 4. The van der Waals surface area contributed by atoms with E-state index in [0.29, 0.717) is 12.2 Å². The first-order chi connectivity index (χ1) is 8.43. The fourth-order valence-corrected chi connectivity index (χ4v) is 3.19. The average Bonchev–Trinajstić information content (AvgIpc) is 2.27. The normalized spacial score (nSPS) is 32.2. The van der Waals surface area contributed by atoms with Crippen molar-refractivity contribution in [2.75, 3.05) is 14.1 Å². The van der Waals surface area contributed by atoms with Crippen molar-refractivity contribution in [3.8, 4) is 0 Å². The highest BCUT2D eigenvalue weighted by molar-refractivity contribution is 5.92. The number of nitrogens with zero attached hydrogens (tertiary/aromatic N) is 1. The number of allylic oxidation sites excluding steroid dienone is 2. The van der Waals surface area contributed by atoms with E-state index in [9.17, 15) is 15.0 Å². The van der Waals surface area contributed by atoms with Crippen LogP contribution in [0.3, 0.4) is 0 Å². The monoisotopic (exact) mass is 252 g/mol. The number of fused-ring (bicyclic) bond motifs is 1. The molecule has 18 heavy (non-hydrogen) atoms. The van der Waals surface area contributed by atoms with Crippen molar-refractivity contribution < 1.29 is 15.0 Å². The Balaban J connectivity index is 2.45. The Labute approximate surface area is 107 Å². The van der Waals surface area contributed by atoms with Crippen LogP contribution in [0.1, 0.15) is 19.3 Å². The number of aliphatic hydroxyl groups excluding tert-OH is 2. The lowest BCUT2D eigenvalue weighted by molar-refractivity contribution is -0.115. The van der Waals surface area contributed by atoms with Crippen LogP contribution >= 0.6 is 0 Å². The van der Waals surface area contributed by atoms with Crippen LogP contribution in [0.2, 0.25) is 0 Å². The van der Waals surface area contributed by atoms with Gasteiger partial charge in [-0.15, -0.1) is 0 Å². The predicted molar refractivity (Wildman–Crippen MR) is 67.9 cm³/mol. The summed E-state index contributed by atoms with van der Waals surface area (Å²) in [6.07, 6.45) is 3.83. The summed E-state index contributed by atoms with van der Waals surface area (Å²) in [6.45, 7) is 0. The van der Waals surface area contributed by atoms with Crippen LogP contribution in [0.5, 0.6) is 0 Å². The third kappa shape index (κ3) is 1.99. The highest BCUT2D eigenvalue weighted by Crippen LogP contribution is 2.43. The van der Waals surface area contributed by atoms with Crippen molar-refractivity contribution in [1.82, 2.24) is 4.90 Å². The summed E-state index contributed by atoms with van der Waals surface area (Å²) in [4.78, 5) is 13.3. The van der Waals surface area contributed by atoms with E-state index in [4.69, 9.17) is 5.73 Å². The third-order valence-electron chi connectivity index (χ3n) is 4.02. The molecule has 0 saturated heterocycles. The Morgan fingerprint density at radius 1 is 1.44 bits per heavy atom. The minimum atomic E-state index is -0.601. The molecule has 100 valence electrons. The molecule has 0 aliphatic heterocycles. The van der Waals surface area contributed by atoms with E-state index < -0.39 is 5.91 Å². The van der Waals surface area contributed by atoms with E-state index >= 15 is 0 Å². The number of carbonyl (C=O) groups excluding carboxylic acids is 1. The van der Waals surface area contributed by atoms with E-state index in [1.807, 2.05) is 19.0 Å². The quantitative estimate of drug-likeness (QED) is 0.686. The van der Waals surface area contributed by atoms with Gasteiger partial charge in [0.25, 0.3) is 0 Å². The van der Waals surface area contributed by atoms with Crippen LogP contribution in [0.25, 0.3) is 0 Å². The zero-order chi connectivity index (χ0) is 13.4. The molecule has 1 amide bonds. The summed E-state index contributed by atoms with van der Waals surface area (Å²) in [5.41, 5.74) is 5.56. The van der Waals surface area contributed by atoms with Crippen molar-refractivity contribution >= 4 is 5.91 Å². The molecule has 0 aromatic carbocycles. The van der Waals surface area contributed by atoms with E-state index in [1.165, 1.54) is 0 Å². The first-order valence-electron chi connectivity index (χ1n) is 6.20. The zero-order valence-corrected chi connectivity index (χ0v) is 10.8. The zero-order valence-electron chi connectivity index (χ0n) is 10.8. The molecule has 3 unspecified atom stereocenters. The maximum Gasteiger partial charge on any atom is 0.248 e. The molecule has 4 N–H and O–H groups in total. The lowest BCUT2D eigenvalue weighted by atomic mass is 9.69. The SMILES string of the molecule is CN(C)C1C(O)=C(C(N)=O)CC2C(O)=CCCC21. The molecule has 0 aromatic rings. The van der Waals surface area contributed by atoms with E-state index in [-0.39, 0.29) is 29.2 Å². The number of carbonyl (C=O) groups is 1. The maximum absolute atomic E-state index is 11.4. The molecule has 3 atom stereocenters. The summed E-state index contributed by atoms with van der Waals surface area (Å²) in [5, 5.41) is 20.2. The van der Waals surface area contributed by atoms with Crippen LogP contribution in [0.4, 0.5) is 0 Å². The molecule has 2 aliphatic carbocycles. The molecule has 5 nitrogen and oxygen atoms in total. The second kappa shape index (κ2) is 4.65. The fourth-order valence-electron chi connectivity index (χ4n) is 3.19. The summed E-state index contributed by atoms with van der Waals surface area (Å²) >= 11 is 0. The molecule has 2 rings (SSSR count). The predicted octanol–water partition coefficient (Wildman–Crippen LogP) is 1.09. The third-order valence-corrected chi connectivity index (χ3v) is 4.02. The van der Waals surface area contributed by atoms with Crippen molar-refractivity contribution in [1.29, 1.82) is 0 Å². The molecular formula is C13H20N2O3. The van der Waals surface area contributed by atoms with Crippen LogP contribution in [-0.2, 0) is 4.79 Å². The largest absolute Gasteiger partial charge is 0.512 e. The van der Waals surface area contributed by atoms with Crippen molar-refractivity contribution in [2.45, 2.75) is 25.3 Å². The molecule has 0 heterocycles. The Kier molecular flexibility index (Phi) is 3.34. The summed E-state index contributed by atoms with van der Waals surface area (Å²) in [6, 6.07) is -0.248. The second-order valence-electron chi connectivity index (χ2n) is 5.32. The van der Waals surface area contributed by atoms with Crippen molar-refractivity contribution in [2.24, 2.45) is 17.6 Å². The van der Waals surface area contributed by atoms with Crippen LogP contribution in [0, 0.1) is 11.8 Å². The van der Waals surface area contributed by atoms with Gasteiger partial charge in [0.15, 0.2) is 0 Å². The number of hydrogen-bond donors (Lipinski definition) is 3. The van der Waals surface area contributed by atoms with Crippen LogP contribution < -0.4 is 5.73 Å². The summed E-state index contributed by atoms with van der Waals surface area (Å²) < 4.78 is 0. The van der Waals surface area contributed by atoms with Crippen molar-refractivity contribution in [3.63, 3.8) is 0 Å². The van der Waals surface area contributed by atoms with Gasteiger partial charge in [0.2, 0.25) is 5.91 Å². The minimum absolute atomic E-state index is 0.0726. The Hall–Kier alpha value is -1.49. The van der Waals surface area contributed by atoms with E-state index in [2.05, 4.69) is 0 Å². The Morgan fingerprint density at radius 3 is 2.67 bits per heavy atom. The van der Waals surface area contributed by atoms with Crippen molar-refractivity contribution in [3.05, 3.63) is 23.2 Å². The first kappa shape index (κ1) is 13.0. The first-order valence-corrected chi connectivity index (χ1v) is 6.20. The molecule has 0 bridgehead atoms. The smallest absolute Gasteiger partial charge is 0.248 e. The Bertz CT molecular complexity index is 426. The highest BCUT2D eigenvalue weighted by Gasteiger charge is 2.43. The number of amides is 1. The molecule has 0 spiro atoms. The topological polar surface area (TPSA) is 86.8 Å². The standard InChI is InChI=1S/C13H20N2O3/c1-15(2)11-7-4-3-5-10(16)8(7)6-9(12(11)17)13(14)18/h5,7-8,11,16-17H,3-4,6H2,1-2H3,(H2,14,18). The van der Waals surface area contributed by atoms with Gasteiger partial charge >= 0.3 is 0 Å². The van der Waals surface area contributed by atoms with Gasteiger partial charge in [0, 0.05) is 5.92 Å². The molecule has 2 aliphatic rings. The van der Waals surface area contributed by atoms with E-state index in [0.717, 1.165) is 12.8 Å². The van der Waals surface area contributed by atoms with Gasteiger partial charge in [-0.1, -0.05) is 0 Å². The summed E-state index contributed by atoms with van der Waals surface area (Å²) in [7, 11) is 3.72. The molecule has 5 heteroatoms. The summed E-state index contributed by atoms with van der Waals surface area (Å²) in [5.74, 6) is -0.179. The van der Waals surface area contributed by atoms with Gasteiger partial charge in [-0.2, -0.15) is 0 Å². The number of likely N-dealkylation sites (N-methyl/N-ethyl adjacent to an activating group) is 1. The Morgan fingerprint density at radius 2 is 2.11 bits per heavy atom. The fraction of sp³-hybridized carbons (Fsp3) is 0.615. The van der Waals surface area contributed by atoms with Crippen LogP contribution in [-0.4, -0.2) is 41.2 Å². The molecule has 0 saturated carbocycles. The lowest BCUT2D eigenvalue weighted by Crippen LogP contribution is -2.46. The van der Waals surface area contributed by atoms with E-state index in [1.54, 1.807) is 6.08 Å². The lowest BCUT2D eigenvalue weighted by Gasteiger charge is -2.42. The van der Waals surface area contributed by atoms with Gasteiger partial charge < -0.3 is 15.9 Å². The van der Waals surface area contributed by atoms with Gasteiger partial charge in [0.05, 0.1) is 17.4 Å². The van der Waals surface area contributed by atoms with Crippen LogP contribution in [0.15, 0.2) is 23.2 Å². The molecule has 0 aromatic heterocycles. The number of nitrogens with two attached hydrogens (primary N) is 1. The van der Waals surface area contributed by atoms with Gasteiger partial charge in [0.1, 0.15) is 5.76 Å². The minimum Gasteiger partial charge on any atom is -0.512 e. The molecular weight excluding hydrogens is 232 g/mol. The van der Waals surface area contributed by atoms with Gasteiger partial charge in [-0.05, 0) is 45.4 Å². The maximum atomic E-state index is 11.4. The second-order valence-corrected chi connectivity index (χ2v) is 5.32. The van der Waals surface area contributed by atoms with Gasteiger partial charge in [-0.25, -0.2) is 0 Å². The molecule has 0 fully saturated rings.